The molecule has 4 aromatic rings. The zero-order valence-corrected chi connectivity index (χ0v) is 12.1. The summed E-state index contributed by atoms with van der Waals surface area (Å²) in [5, 5.41) is 5.73. The first-order valence-corrected chi connectivity index (χ1v) is 7.36. The molecule has 0 nitrogen and oxygen atoms in total. The van der Waals surface area contributed by atoms with Crippen molar-refractivity contribution in [2.75, 3.05) is 0 Å². The van der Waals surface area contributed by atoms with Crippen molar-refractivity contribution >= 4 is 33.1 Å². The second kappa shape index (κ2) is 4.91. The fourth-order valence-corrected chi connectivity index (χ4v) is 3.03. The summed E-state index contributed by atoms with van der Waals surface area (Å²) in [5.41, 5.74) is 2.49. The van der Waals surface area contributed by atoms with Gasteiger partial charge in [0.25, 0.3) is 0 Å². The van der Waals surface area contributed by atoms with E-state index in [-0.39, 0.29) is 0 Å². The fourth-order valence-electron chi connectivity index (χ4n) is 2.85. The van der Waals surface area contributed by atoms with Crippen molar-refractivity contribution in [1.82, 2.24) is 0 Å². The van der Waals surface area contributed by atoms with Crippen LogP contribution in [0, 0.1) is 0 Å². The highest BCUT2D eigenvalue weighted by Gasteiger charge is 2.03. The Morgan fingerprint density at radius 1 is 0.524 bits per heavy atom. The number of benzene rings is 4. The Labute approximate surface area is 128 Å². The van der Waals surface area contributed by atoms with E-state index in [1.807, 2.05) is 18.2 Å². The summed E-state index contributed by atoms with van der Waals surface area (Å²) in [6, 6.07) is 27.5. The van der Waals surface area contributed by atoms with Gasteiger partial charge >= 0.3 is 0 Å². The molecule has 0 bridgehead atoms. The summed E-state index contributed by atoms with van der Waals surface area (Å²) in [4.78, 5) is 0. The molecule has 0 saturated heterocycles. The topological polar surface area (TPSA) is 0 Å². The molecule has 0 saturated carbocycles. The van der Waals surface area contributed by atoms with E-state index in [9.17, 15) is 0 Å². The van der Waals surface area contributed by atoms with Gasteiger partial charge in [0.1, 0.15) is 0 Å². The van der Waals surface area contributed by atoms with Crippen LogP contribution >= 0.6 is 11.6 Å². The van der Waals surface area contributed by atoms with E-state index < -0.39 is 0 Å². The van der Waals surface area contributed by atoms with Gasteiger partial charge in [0.15, 0.2) is 0 Å². The van der Waals surface area contributed by atoms with Gasteiger partial charge < -0.3 is 0 Å². The summed E-state index contributed by atoms with van der Waals surface area (Å²) < 4.78 is 0. The van der Waals surface area contributed by atoms with Crippen LogP contribution in [0.3, 0.4) is 0 Å². The maximum Gasteiger partial charge on any atom is 0.0412 e. The molecule has 0 radical (unpaired) electrons. The zero-order chi connectivity index (χ0) is 14.2. The van der Waals surface area contributed by atoms with Gasteiger partial charge in [-0.2, -0.15) is 0 Å². The summed E-state index contributed by atoms with van der Waals surface area (Å²) in [5.74, 6) is 0. The van der Waals surface area contributed by atoms with Crippen LogP contribution in [0.4, 0.5) is 0 Å². The van der Waals surface area contributed by atoms with Crippen LogP contribution in [-0.2, 0) is 0 Å². The molecule has 0 aromatic heterocycles. The predicted molar refractivity (Wildman–Crippen MR) is 91.9 cm³/mol. The standard InChI is InChI=1S/C20H13Cl/c21-18-9-11-20-17(13-18)7-6-16-12-15(8-10-19(16)20)14-4-2-1-3-5-14/h1-13H. The maximum atomic E-state index is 6.08. The average molecular weight is 289 g/mol. The van der Waals surface area contributed by atoms with Crippen LogP contribution < -0.4 is 0 Å². The van der Waals surface area contributed by atoms with Gasteiger partial charge in [0.05, 0.1) is 0 Å². The molecule has 0 fully saturated rings. The largest absolute Gasteiger partial charge is 0.0843 e. The lowest BCUT2D eigenvalue weighted by atomic mass is 9.97. The van der Waals surface area contributed by atoms with Crippen molar-refractivity contribution in [3.63, 3.8) is 0 Å². The van der Waals surface area contributed by atoms with Gasteiger partial charge in [-0.15, -0.1) is 0 Å². The normalized spacial score (nSPS) is 11.1. The number of hydrogen-bond donors (Lipinski definition) is 0. The molecule has 1 heteroatoms. The number of fused-ring (bicyclic) bond motifs is 3. The van der Waals surface area contributed by atoms with Gasteiger partial charge in [-0.3, -0.25) is 0 Å². The highest BCUT2D eigenvalue weighted by molar-refractivity contribution is 6.31. The highest BCUT2D eigenvalue weighted by atomic mass is 35.5. The van der Waals surface area contributed by atoms with E-state index >= 15 is 0 Å². The van der Waals surface area contributed by atoms with Crippen LogP contribution in [0.15, 0.2) is 78.9 Å². The first kappa shape index (κ1) is 12.4. The molecule has 0 N–H and O–H groups in total. The molecule has 4 aromatic carbocycles. The van der Waals surface area contributed by atoms with Crippen LogP contribution in [0.1, 0.15) is 0 Å². The molecular formula is C20H13Cl. The minimum Gasteiger partial charge on any atom is -0.0843 e. The second-order valence-electron chi connectivity index (χ2n) is 5.23. The molecule has 100 valence electrons. The second-order valence-corrected chi connectivity index (χ2v) is 5.67. The number of hydrogen-bond acceptors (Lipinski definition) is 0. The lowest BCUT2D eigenvalue weighted by Crippen LogP contribution is -1.81. The Morgan fingerprint density at radius 3 is 1.95 bits per heavy atom. The van der Waals surface area contributed by atoms with E-state index in [1.54, 1.807) is 0 Å². The van der Waals surface area contributed by atoms with Gasteiger partial charge in [0, 0.05) is 5.02 Å². The molecule has 4 rings (SSSR count). The van der Waals surface area contributed by atoms with Gasteiger partial charge in [-0.25, -0.2) is 0 Å². The Kier molecular flexibility index (Phi) is 2.90. The minimum atomic E-state index is 0.780. The van der Waals surface area contributed by atoms with E-state index in [0.29, 0.717) is 0 Å². The first-order chi connectivity index (χ1) is 10.3. The van der Waals surface area contributed by atoms with Crippen molar-refractivity contribution in [2.24, 2.45) is 0 Å². The molecule has 0 spiro atoms. The Hall–Kier alpha value is -2.31. The third-order valence-electron chi connectivity index (χ3n) is 3.90. The molecule has 0 aliphatic carbocycles. The Bertz CT molecular complexity index is 940. The van der Waals surface area contributed by atoms with Crippen LogP contribution in [-0.4, -0.2) is 0 Å². The van der Waals surface area contributed by atoms with Crippen LogP contribution in [0.2, 0.25) is 5.02 Å². The van der Waals surface area contributed by atoms with Crippen LogP contribution in [0.25, 0.3) is 32.7 Å². The quantitative estimate of drug-likeness (QED) is 0.360. The molecule has 0 atom stereocenters. The summed E-state index contributed by atoms with van der Waals surface area (Å²) >= 11 is 6.08. The van der Waals surface area contributed by atoms with Gasteiger partial charge in [-0.1, -0.05) is 72.3 Å². The molecule has 0 aliphatic rings. The van der Waals surface area contributed by atoms with Gasteiger partial charge in [-0.05, 0) is 50.9 Å². The molecular weight excluding hydrogens is 276 g/mol. The fraction of sp³-hybridized carbons (Fsp3) is 0. The van der Waals surface area contributed by atoms with Gasteiger partial charge in [0.2, 0.25) is 0 Å². The van der Waals surface area contributed by atoms with E-state index in [1.165, 1.54) is 32.7 Å². The third-order valence-corrected chi connectivity index (χ3v) is 4.14. The SMILES string of the molecule is Clc1ccc2c(ccc3cc(-c4ccccc4)ccc32)c1. The van der Waals surface area contributed by atoms with E-state index in [2.05, 4.69) is 60.7 Å². The van der Waals surface area contributed by atoms with Crippen LogP contribution in [0.5, 0.6) is 0 Å². The summed E-state index contributed by atoms with van der Waals surface area (Å²) in [7, 11) is 0. The van der Waals surface area contributed by atoms with Crippen molar-refractivity contribution in [3.8, 4) is 11.1 Å². The third kappa shape index (κ3) is 2.18. The van der Waals surface area contributed by atoms with Crippen molar-refractivity contribution < 1.29 is 0 Å². The number of halogens is 1. The molecule has 0 amide bonds. The monoisotopic (exact) mass is 288 g/mol. The minimum absolute atomic E-state index is 0.780. The lowest BCUT2D eigenvalue weighted by molar-refractivity contribution is 1.65. The van der Waals surface area contributed by atoms with Crippen molar-refractivity contribution in [3.05, 3.63) is 83.9 Å². The molecule has 21 heavy (non-hydrogen) atoms. The summed E-state index contributed by atoms with van der Waals surface area (Å²) in [6.07, 6.45) is 0. The molecule has 0 unspecified atom stereocenters. The first-order valence-electron chi connectivity index (χ1n) is 6.99. The van der Waals surface area contributed by atoms with Crippen molar-refractivity contribution in [2.45, 2.75) is 0 Å². The zero-order valence-electron chi connectivity index (χ0n) is 11.4. The lowest BCUT2D eigenvalue weighted by Gasteiger charge is -2.07. The molecule has 0 aliphatic heterocycles. The Balaban J connectivity index is 1.97. The maximum absolute atomic E-state index is 6.08. The predicted octanol–water partition coefficient (Wildman–Crippen LogP) is 6.31. The van der Waals surface area contributed by atoms with E-state index in [4.69, 9.17) is 11.6 Å². The summed E-state index contributed by atoms with van der Waals surface area (Å²) in [6.45, 7) is 0. The number of rotatable bonds is 1. The van der Waals surface area contributed by atoms with E-state index in [0.717, 1.165) is 5.02 Å². The van der Waals surface area contributed by atoms with Crippen molar-refractivity contribution in [1.29, 1.82) is 0 Å². The molecule has 0 heterocycles. The smallest absolute Gasteiger partial charge is 0.0412 e. The highest BCUT2D eigenvalue weighted by Crippen LogP contribution is 2.30. The Morgan fingerprint density at radius 2 is 1.19 bits per heavy atom. The average Bonchev–Trinajstić information content (AvgIpc) is 2.54.